The number of nitrogens with zero attached hydrogens (tertiary/aromatic N) is 6. The zero-order valence-corrected chi connectivity index (χ0v) is 63.0. The van der Waals surface area contributed by atoms with Gasteiger partial charge in [0.05, 0.1) is 22.8 Å². The Morgan fingerprint density at radius 2 is 0.411 bits per heavy atom. The monoisotopic (exact) mass is 1460 g/mol. The quantitative estimate of drug-likeness (QED) is 0.0999. The molecule has 20 bridgehead atoms. The summed E-state index contributed by atoms with van der Waals surface area (Å²) in [6.45, 7) is 0. The Hall–Kier alpha value is -14.2. The lowest BCUT2D eigenvalue weighted by molar-refractivity contribution is 1.18. The lowest BCUT2D eigenvalue weighted by Crippen LogP contribution is -2.74. The lowest BCUT2D eigenvalue weighted by Gasteiger charge is -2.35. The molecule has 0 unspecified atom stereocenters. The van der Waals surface area contributed by atoms with Crippen molar-refractivity contribution in [3.05, 3.63) is 437 Å². The van der Waals surface area contributed by atoms with Crippen LogP contribution >= 0.6 is 11.8 Å². The van der Waals surface area contributed by atoms with E-state index in [2.05, 4.69) is 434 Å². The summed E-state index contributed by atoms with van der Waals surface area (Å²) >= 11 is 1.77. The van der Waals surface area contributed by atoms with Crippen molar-refractivity contribution in [1.29, 1.82) is 0 Å². The molecule has 0 spiro atoms. The van der Waals surface area contributed by atoms with Gasteiger partial charge < -0.3 is 9.80 Å². The molecular formula is C104H72N6SSi. The molecule has 0 radical (unpaired) electrons. The Morgan fingerprint density at radius 3 is 0.759 bits per heavy atom. The molecule has 0 fully saturated rings. The van der Waals surface area contributed by atoms with E-state index in [1.54, 1.807) is 11.8 Å². The van der Waals surface area contributed by atoms with Crippen LogP contribution in [0.25, 0.3) is 112 Å². The normalized spacial score (nSPS) is 11.8. The molecular weight excluding hydrogens is 1390 g/mol. The Kier molecular flexibility index (Phi) is 18.6. The number of hydrogen-bond acceptors (Lipinski definition) is 7. The SMILES string of the molecule is c1ccc(-c2cc3nc(n2)-c2cccc(c2)-c2cccc(c2)N(c2ccc([Si](c4ccccc4)(c4ccccc4)c4ccccc4)cc2)c2cccc(c2)-c2cccc-3c2)cc1.c1ccc(Sc2ccc(N3c4cccc(c4)-c4cccc(c4)-c4cc(-c5ccccc5)nc(n4)-c4cccc(c4)-c4cccc3c4)cc2)cc1. The molecule has 0 atom stereocenters. The molecule has 16 aromatic carbocycles. The second kappa shape index (κ2) is 30.5. The van der Waals surface area contributed by atoms with Crippen LogP contribution in [0.5, 0.6) is 0 Å². The molecule has 0 amide bonds. The van der Waals surface area contributed by atoms with Gasteiger partial charge in [0, 0.05) is 77.3 Å². The minimum Gasteiger partial charge on any atom is -0.310 e. The minimum atomic E-state index is -2.71. The first-order valence-corrected chi connectivity index (χ1v) is 40.7. The van der Waals surface area contributed by atoms with E-state index in [9.17, 15) is 0 Å². The van der Waals surface area contributed by atoms with Gasteiger partial charge in [0.1, 0.15) is 0 Å². The molecule has 0 saturated carbocycles. The maximum Gasteiger partial charge on any atom is 0.179 e. The van der Waals surface area contributed by atoms with E-state index in [-0.39, 0.29) is 0 Å². The van der Waals surface area contributed by atoms with E-state index in [0.29, 0.717) is 11.6 Å². The summed E-state index contributed by atoms with van der Waals surface area (Å²) in [5.74, 6) is 1.40. The van der Waals surface area contributed by atoms with Gasteiger partial charge in [-0.05, 0) is 199 Å². The van der Waals surface area contributed by atoms with Gasteiger partial charge in [-0.2, -0.15) is 0 Å². The van der Waals surface area contributed by atoms with Gasteiger partial charge in [0.15, 0.2) is 19.7 Å². The maximum atomic E-state index is 5.22. The molecule has 2 aliphatic heterocycles. The minimum absolute atomic E-state index is 0.696. The summed E-state index contributed by atoms with van der Waals surface area (Å²) in [6, 6.07) is 157. The van der Waals surface area contributed by atoms with Crippen LogP contribution in [0.2, 0.25) is 0 Å². The predicted molar refractivity (Wildman–Crippen MR) is 469 cm³/mol. The summed E-state index contributed by atoms with van der Waals surface area (Å²) in [7, 11) is -2.71. The van der Waals surface area contributed by atoms with Crippen LogP contribution in [0.3, 0.4) is 0 Å². The maximum absolute atomic E-state index is 5.22. The second-order valence-corrected chi connectivity index (χ2v) is 33.1. The average Bonchev–Trinajstić information content (AvgIpc) is 0.733. The zero-order valence-electron chi connectivity index (χ0n) is 61.2. The zero-order chi connectivity index (χ0) is 74.6. The van der Waals surface area contributed by atoms with E-state index < -0.39 is 8.07 Å². The van der Waals surface area contributed by atoms with E-state index in [0.717, 1.165) is 135 Å². The standard InChI is InChI=1S/C58H41N3Si.C46H31N3S/c1-5-17-42(18-6-1)56-41-57-47-23-13-19-43(37-47)45-21-15-25-50(39-45)61(51-26-16-22-46(40-51)44-20-14-24-48(38-44)58(59-56)60-57)49-33-35-55(36-34-49)62(52-27-7-2-8-28-52,53-29-9-3-10-30-53)54-31-11-4-12-32-54;1-3-11-32(12-4-1)44-31-45-37-17-7-13-33(27-37)35-15-9-19-40(29-35)49(39-23-25-43(26-24-39)50-42-21-5-2-6-22-42)41-20-10-16-36(30-41)34-14-8-18-38(28-34)46(47-44)48-45/h1-41H;1-31H. The fourth-order valence-corrected chi connectivity index (χ4v) is 21.3. The highest BCUT2D eigenvalue weighted by molar-refractivity contribution is 7.99. The third kappa shape index (κ3) is 13.8. The predicted octanol–water partition coefficient (Wildman–Crippen LogP) is 24.7. The van der Waals surface area contributed by atoms with Crippen molar-refractivity contribution in [2.75, 3.05) is 9.80 Å². The number of rotatable bonds is 10. The van der Waals surface area contributed by atoms with Crippen LogP contribution in [-0.4, -0.2) is 28.0 Å². The highest BCUT2D eigenvalue weighted by Gasteiger charge is 2.41. The summed E-state index contributed by atoms with van der Waals surface area (Å²) < 4.78 is 0. The van der Waals surface area contributed by atoms with Crippen molar-refractivity contribution in [2.24, 2.45) is 0 Å². The Labute approximate surface area is 658 Å². The molecule has 20 rings (SSSR count). The number of hydrogen-bond donors (Lipinski definition) is 0. The molecule has 6 nitrogen and oxygen atoms in total. The van der Waals surface area contributed by atoms with Gasteiger partial charge >= 0.3 is 0 Å². The van der Waals surface area contributed by atoms with Gasteiger partial charge in [-0.1, -0.05) is 315 Å². The third-order valence-corrected chi connectivity index (χ3v) is 27.0. The summed E-state index contributed by atoms with van der Waals surface area (Å²) in [6.07, 6.45) is 0. The number of fused-ring (bicyclic) bond motifs is 28. The molecule has 2 aromatic heterocycles. The van der Waals surface area contributed by atoms with Gasteiger partial charge in [0.25, 0.3) is 0 Å². The van der Waals surface area contributed by atoms with Crippen LogP contribution in [0.15, 0.2) is 447 Å². The van der Waals surface area contributed by atoms with Crippen molar-refractivity contribution < 1.29 is 0 Å². The van der Waals surface area contributed by atoms with Gasteiger partial charge in [-0.15, -0.1) is 0 Å². The van der Waals surface area contributed by atoms with Crippen molar-refractivity contribution in [1.82, 2.24) is 19.9 Å². The van der Waals surface area contributed by atoms with E-state index in [1.165, 1.54) is 30.5 Å². The first-order chi connectivity index (χ1) is 55.4. The van der Waals surface area contributed by atoms with Crippen LogP contribution < -0.4 is 30.5 Å². The van der Waals surface area contributed by atoms with Crippen LogP contribution in [0.1, 0.15) is 0 Å². The van der Waals surface area contributed by atoms with Crippen molar-refractivity contribution in [2.45, 2.75) is 9.79 Å². The molecule has 2 aliphatic rings. The lowest BCUT2D eigenvalue weighted by atomic mass is 9.98. The fraction of sp³-hybridized carbons (Fsp3) is 0. The first kappa shape index (κ1) is 68.4. The largest absolute Gasteiger partial charge is 0.310 e. The third-order valence-electron chi connectivity index (χ3n) is 21.2. The highest BCUT2D eigenvalue weighted by Crippen LogP contribution is 2.44. The Morgan fingerprint density at radius 1 is 0.170 bits per heavy atom. The number of anilines is 6. The Balaban J connectivity index is 0.000000154. The van der Waals surface area contributed by atoms with Crippen molar-refractivity contribution >= 4 is 74.7 Å². The molecule has 0 aliphatic carbocycles. The fourth-order valence-electron chi connectivity index (χ4n) is 15.8. The number of aromatic nitrogens is 4. The second-order valence-electron chi connectivity index (χ2n) is 28.2. The van der Waals surface area contributed by atoms with E-state index in [1.807, 2.05) is 12.1 Å². The highest BCUT2D eigenvalue weighted by atomic mass is 32.2. The molecule has 18 aromatic rings. The molecule has 8 heteroatoms. The van der Waals surface area contributed by atoms with Gasteiger partial charge in [0.2, 0.25) is 0 Å². The molecule has 4 heterocycles. The average molecular weight is 1470 g/mol. The molecule has 528 valence electrons. The van der Waals surface area contributed by atoms with E-state index >= 15 is 0 Å². The van der Waals surface area contributed by atoms with Crippen LogP contribution in [0.4, 0.5) is 34.1 Å². The summed E-state index contributed by atoms with van der Waals surface area (Å²) in [5, 5.41) is 5.39. The smallest absolute Gasteiger partial charge is 0.179 e. The Bertz CT molecular complexity index is 6090. The van der Waals surface area contributed by atoms with Crippen molar-refractivity contribution in [3.8, 4) is 112 Å². The molecule has 0 N–H and O–H groups in total. The number of benzene rings is 16. The van der Waals surface area contributed by atoms with Crippen LogP contribution in [-0.2, 0) is 0 Å². The van der Waals surface area contributed by atoms with E-state index in [4.69, 9.17) is 19.9 Å². The van der Waals surface area contributed by atoms with Gasteiger partial charge in [-0.25, -0.2) is 19.9 Å². The summed E-state index contributed by atoms with van der Waals surface area (Å²) in [4.78, 5) is 27.8. The van der Waals surface area contributed by atoms with Crippen molar-refractivity contribution in [3.63, 3.8) is 0 Å². The molecule has 0 saturated heterocycles. The topological polar surface area (TPSA) is 58.0 Å². The molecule has 112 heavy (non-hydrogen) atoms. The van der Waals surface area contributed by atoms with Gasteiger partial charge in [-0.3, -0.25) is 0 Å². The van der Waals surface area contributed by atoms with Crippen LogP contribution in [0, 0.1) is 0 Å². The summed E-state index contributed by atoms with van der Waals surface area (Å²) in [5.41, 5.74) is 25.2. The first-order valence-electron chi connectivity index (χ1n) is 37.9.